The Hall–Kier alpha value is -6.44. The zero-order chi connectivity index (χ0) is 33.0. The number of benzene rings is 8. The zero-order valence-corrected chi connectivity index (χ0v) is 27.5. The SMILES string of the molecule is c1ccc(-n2c3ccccc3c3cc(-c4ccccc4-c4ccccc4-c4ccc(C5c6ccccc6-c6ccccc65)cc4)ccc32)cc1. The summed E-state index contributed by atoms with van der Waals surface area (Å²) in [6, 6.07) is 71.1. The largest absolute Gasteiger partial charge is 0.309 e. The van der Waals surface area contributed by atoms with Gasteiger partial charge in [0.1, 0.15) is 0 Å². The van der Waals surface area contributed by atoms with Gasteiger partial charge < -0.3 is 4.57 Å². The summed E-state index contributed by atoms with van der Waals surface area (Å²) in [6.45, 7) is 0. The molecular weight excluding hydrogens is 603 g/mol. The van der Waals surface area contributed by atoms with Gasteiger partial charge in [0.15, 0.2) is 0 Å². The molecule has 50 heavy (non-hydrogen) atoms. The predicted molar refractivity (Wildman–Crippen MR) is 210 cm³/mol. The topological polar surface area (TPSA) is 4.93 Å². The maximum atomic E-state index is 2.38. The van der Waals surface area contributed by atoms with E-state index in [0.717, 1.165) is 0 Å². The van der Waals surface area contributed by atoms with Gasteiger partial charge in [-0.05, 0) is 91.5 Å². The Morgan fingerprint density at radius 2 is 0.800 bits per heavy atom. The van der Waals surface area contributed by atoms with Gasteiger partial charge in [-0.25, -0.2) is 0 Å². The average Bonchev–Trinajstić information content (AvgIpc) is 3.71. The second-order valence-electron chi connectivity index (χ2n) is 13.2. The van der Waals surface area contributed by atoms with Crippen LogP contribution in [0.25, 0.3) is 72.0 Å². The minimum absolute atomic E-state index is 0.246. The van der Waals surface area contributed by atoms with Gasteiger partial charge in [0.25, 0.3) is 0 Å². The molecule has 0 fully saturated rings. The molecule has 1 aromatic heterocycles. The summed E-state index contributed by atoms with van der Waals surface area (Å²) >= 11 is 0. The first-order valence-corrected chi connectivity index (χ1v) is 17.4. The van der Waals surface area contributed by atoms with Gasteiger partial charge in [-0.3, -0.25) is 0 Å². The third kappa shape index (κ3) is 4.48. The van der Waals surface area contributed by atoms with Crippen molar-refractivity contribution in [2.45, 2.75) is 5.92 Å². The Balaban J connectivity index is 1.07. The van der Waals surface area contributed by atoms with Crippen molar-refractivity contribution in [3.8, 4) is 50.2 Å². The first-order valence-electron chi connectivity index (χ1n) is 17.4. The van der Waals surface area contributed by atoms with E-state index in [9.17, 15) is 0 Å². The van der Waals surface area contributed by atoms with Crippen LogP contribution in [0.1, 0.15) is 22.6 Å². The van der Waals surface area contributed by atoms with Crippen LogP contribution in [0.2, 0.25) is 0 Å². The Bertz CT molecular complexity index is 2650. The van der Waals surface area contributed by atoms with E-state index in [-0.39, 0.29) is 5.92 Å². The number of hydrogen-bond acceptors (Lipinski definition) is 0. The van der Waals surface area contributed by atoms with Crippen LogP contribution in [0.4, 0.5) is 0 Å². The van der Waals surface area contributed by atoms with E-state index >= 15 is 0 Å². The number of fused-ring (bicyclic) bond motifs is 6. The number of rotatable bonds is 5. The molecule has 1 heteroatoms. The summed E-state index contributed by atoms with van der Waals surface area (Å²) < 4.78 is 2.38. The number of hydrogen-bond donors (Lipinski definition) is 0. The van der Waals surface area contributed by atoms with Gasteiger partial charge >= 0.3 is 0 Å². The molecule has 0 spiro atoms. The highest BCUT2D eigenvalue weighted by Crippen LogP contribution is 2.48. The lowest BCUT2D eigenvalue weighted by Crippen LogP contribution is -1.99. The lowest BCUT2D eigenvalue weighted by molar-refractivity contribution is 1.02. The highest BCUT2D eigenvalue weighted by Gasteiger charge is 2.29. The van der Waals surface area contributed by atoms with Crippen molar-refractivity contribution in [1.29, 1.82) is 0 Å². The molecule has 0 amide bonds. The fourth-order valence-corrected chi connectivity index (χ4v) is 8.30. The van der Waals surface area contributed by atoms with Gasteiger partial charge in [0, 0.05) is 22.4 Å². The number of para-hydroxylation sites is 2. The summed E-state index contributed by atoms with van der Waals surface area (Å²) in [7, 11) is 0. The van der Waals surface area contributed by atoms with Crippen molar-refractivity contribution in [3.05, 3.63) is 211 Å². The van der Waals surface area contributed by atoms with Crippen molar-refractivity contribution in [2.24, 2.45) is 0 Å². The normalized spacial score (nSPS) is 12.3. The molecule has 0 unspecified atom stereocenters. The molecule has 0 bridgehead atoms. The van der Waals surface area contributed by atoms with E-state index < -0.39 is 0 Å². The van der Waals surface area contributed by atoms with Crippen LogP contribution < -0.4 is 0 Å². The Morgan fingerprint density at radius 3 is 1.46 bits per heavy atom. The van der Waals surface area contributed by atoms with Crippen molar-refractivity contribution in [3.63, 3.8) is 0 Å². The van der Waals surface area contributed by atoms with E-state index in [1.165, 1.54) is 88.7 Å². The first-order chi connectivity index (χ1) is 24.8. The molecule has 0 aliphatic heterocycles. The Labute approximate surface area is 292 Å². The van der Waals surface area contributed by atoms with Crippen LogP contribution in [-0.4, -0.2) is 4.57 Å². The van der Waals surface area contributed by atoms with E-state index in [0.29, 0.717) is 0 Å². The molecule has 1 aliphatic carbocycles. The molecule has 0 atom stereocenters. The molecule has 0 N–H and O–H groups in total. The van der Waals surface area contributed by atoms with E-state index in [1.54, 1.807) is 0 Å². The second kappa shape index (κ2) is 11.6. The number of nitrogens with zero attached hydrogens (tertiary/aromatic N) is 1. The van der Waals surface area contributed by atoms with Crippen LogP contribution in [0, 0.1) is 0 Å². The van der Waals surface area contributed by atoms with Crippen LogP contribution in [0.5, 0.6) is 0 Å². The second-order valence-corrected chi connectivity index (χ2v) is 13.2. The van der Waals surface area contributed by atoms with Crippen LogP contribution in [-0.2, 0) is 0 Å². The molecule has 234 valence electrons. The van der Waals surface area contributed by atoms with Gasteiger partial charge in [0.2, 0.25) is 0 Å². The van der Waals surface area contributed by atoms with E-state index in [4.69, 9.17) is 0 Å². The summed E-state index contributed by atoms with van der Waals surface area (Å²) in [4.78, 5) is 0. The quantitative estimate of drug-likeness (QED) is 0.177. The van der Waals surface area contributed by atoms with E-state index in [2.05, 4.69) is 199 Å². The van der Waals surface area contributed by atoms with E-state index in [1.807, 2.05) is 0 Å². The third-order valence-corrected chi connectivity index (χ3v) is 10.5. The summed E-state index contributed by atoms with van der Waals surface area (Å²) in [5, 5.41) is 2.52. The summed E-state index contributed by atoms with van der Waals surface area (Å²) in [5.41, 5.74) is 17.8. The summed E-state index contributed by atoms with van der Waals surface area (Å²) in [5.74, 6) is 0.246. The van der Waals surface area contributed by atoms with Crippen LogP contribution in [0.15, 0.2) is 194 Å². The molecule has 10 rings (SSSR count). The average molecular weight is 636 g/mol. The molecular formula is C49H33N. The maximum Gasteiger partial charge on any atom is 0.0541 e. The first kappa shape index (κ1) is 28.6. The Morgan fingerprint density at radius 1 is 0.320 bits per heavy atom. The Kier molecular flexibility index (Phi) is 6.63. The molecule has 9 aromatic rings. The molecule has 0 saturated heterocycles. The molecule has 1 heterocycles. The zero-order valence-electron chi connectivity index (χ0n) is 27.5. The van der Waals surface area contributed by atoms with Crippen molar-refractivity contribution < 1.29 is 0 Å². The van der Waals surface area contributed by atoms with Crippen molar-refractivity contribution in [2.75, 3.05) is 0 Å². The standard InChI is InChI=1S/C49H33N/c1-2-14-36(15-3-1)50-47-25-13-12-22-43(47)46-32-35(30-31-48(46)50)38-17-5-7-19-40(38)39-18-6-4-16-37(39)33-26-28-34(29-27-33)49-44-23-10-8-20-41(44)42-21-9-11-24-45(42)49/h1-32,49H. The molecule has 0 radical (unpaired) electrons. The lowest BCUT2D eigenvalue weighted by atomic mass is 9.86. The van der Waals surface area contributed by atoms with Gasteiger partial charge in [-0.2, -0.15) is 0 Å². The fraction of sp³-hybridized carbons (Fsp3) is 0.0204. The monoisotopic (exact) mass is 635 g/mol. The molecule has 0 saturated carbocycles. The fourth-order valence-electron chi connectivity index (χ4n) is 8.30. The van der Waals surface area contributed by atoms with Gasteiger partial charge in [0.05, 0.1) is 11.0 Å². The number of aromatic nitrogens is 1. The smallest absolute Gasteiger partial charge is 0.0541 e. The van der Waals surface area contributed by atoms with Crippen molar-refractivity contribution >= 4 is 21.8 Å². The van der Waals surface area contributed by atoms with Crippen LogP contribution >= 0.6 is 0 Å². The maximum absolute atomic E-state index is 2.38. The minimum atomic E-state index is 0.246. The van der Waals surface area contributed by atoms with Crippen molar-refractivity contribution in [1.82, 2.24) is 4.57 Å². The lowest BCUT2D eigenvalue weighted by Gasteiger charge is -2.17. The highest BCUT2D eigenvalue weighted by atomic mass is 15.0. The molecule has 1 aliphatic rings. The molecule has 1 nitrogen and oxygen atoms in total. The van der Waals surface area contributed by atoms with Gasteiger partial charge in [-0.1, -0.05) is 164 Å². The van der Waals surface area contributed by atoms with Gasteiger partial charge in [-0.15, -0.1) is 0 Å². The predicted octanol–water partition coefficient (Wildman–Crippen LogP) is 12.9. The third-order valence-electron chi connectivity index (χ3n) is 10.5. The van der Waals surface area contributed by atoms with Crippen LogP contribution in [0.3, 0.4) is 0 Å². The highest BCUT2D eigenvalue weighted by molar-refractivity contribution is 6.11. The minimum Gasteiger partial charge on any atom is -0.309 e. The summed E-state index contributed by atoms with van der Waals surface area (Å²) in [6.07, 6.45) is 0. The molecule has 8 aromatic carbocycles.